The molecule has 9 aromatic rings. The van der Waals surface area contributed by atoms with Gasteiger partial charge in [-0.3, -0.25) is 0 Å². The van der Waals surface area contributed by atoms with Crippen LogP contribution in [0, 0.1) is 0 Å². The van der Waals surface area contributed by atoms with Crippen molar-refractivity contribution in [2.45, 2.75) is 19.1 Å². The largest absolute Gasteiger partial charge is 0.228 e. The van der Waals surface area contributed by atoms with Gasteiger partial charge < -0.3 is 0 Å². The molecule has 1 aromatic heterocycles. The van der Waals surface area contributed by atoms with Gasteiger partial charge in [0.1, 0.15) is 0 Å². The lowest BCUT2D eigenvalue weighted by atomic mass is 9.81. The second-order valence-corrected chi connectivity index (χ2v) is 14.1. The van der Waals surface area contributed by atoms with Crippen molar-refractivity contribution in [3.8, 4) is 78.4 Å². The molecule has 1 heterocycles. The summed E-state index contributed by atoms with van der Waals surface area (Å²) in [6.45, 7) is -5.64. The Kier molecular flexibility index (Phi) is 6.43. The van der Waals surface area contributed by atoms with Gasteiger partial charge in [-0.1, -0.05) is 196 Å². The van der Waals surface area contributed by atoms with E-state index in [0.717, 1.165) is 72.2 Å². The fourth-order valence-electron chi connectivity index (χ4n) is 7.99. The standard InChI is InChI=1S/C53H38N2/c1-53(2)48-20-12-11-19-45(48)46-30-29-41(33-49(46)53)37-21-25-38(26-22-37)42-31-32-47(44-18-10-9-17-43(42)44)51-34-50(54-52(55-51)40-15-7-4-8-16-40)39-27-23-36(24-28-39)35-13-5-3-6-14-35/h3-34H,1-2H3/i1D3,2D3. The predicted molar refractivity (Wildman–Crippen MR) is 230 cm³/mol. The summed E-state index contributed by atoms with van der Waals surface area (Å²) in [5, 5.41) is 2.12. The lowest BCUT2D eigenvalue weighted by Gasteiger charge is -2.22. The average molecular weight is 709 g/mol. The van der Waals surface area contributed by atoms with Crippen LogP contribution >= 0.6 is 0 Å². The van der Waals surface area contributed by atoms with E-state index in [2.05, 4.69) is 78.9 Å². The number of nitrogens with zero attached hydrogens (tertiary/aromatic N) is 2. The van der Waals surface area contributed by atoms with E-state index >= 15 is 0 Å². The van der Waals surface area contributed by atoms with Crippen molar-refractivity contribution >= 4 is 10.8 Å². The highest BCUT2D eigenvalue weighted by atomic mass is 14.9. The van der Waals surface area contributed by atoms with E-state index in [9.17, 15) is 0 Å². The molecule has 0 amide bonds. The molecule has 0 saturated heterocycles. The van der Waals surface area contributed by atoms with Gasteiger partial charge in [0, 0.05) is 30.3 Å². The Morgan fingerprint density at radius 3 is 1.56 bits per heavy atom. The fourth-order valence-corrected chi connectivity index (χ4v) is 7.99. The van der Waals surface area contributed by atoms with Gasteiger partial charge in [0.2, 0.25) is 0 Å². The van der Waals surface area contributed by atoms with Crippen molar-refractivity contribution in [2.75, 3.05) is 0 Å². The van der Waals surface area contributed by atoms with E-state index in [4.69, 9.17) is 18.2 Å². The SMILES string of the molecule is [2H]C([2H])([2H])C1(C([2H])([2H])[2H])c2ccccc2-c2ccc(-c3ccc(-c4ccc(-c5cc(-c6ccc(-c7ccccc7)cc6)nc(-c6ccccc6)n5)c5ccccc45)cc3)cc21. The maximum atomic E-state index is 8.63. The highest BCUT2D eigenvalue weighted by molar-refractivity contribution is 6.05. The van der Waals surface area contributed by atoms with Crippen LogP contribution in [0.25, 0.3) is 89.2 Å². The molecule has 0 spiro atoms. The second-order valence-electron chi connectivity index (χ2n) is 14.1. The molecule has 2 nitrogen and oxygen atoms in total. The Bertz CT molecular complexity index is 3070. The molecule has 0 N–H and O–H groups in total. The van der Waals surface area contributed by atoms with Crippen LogP contribution in [0.2, 0.25) is 0 Å². The second kappa shape index (κ2) is 13.2. The quantitative estimate of drug-likeness (QED) is 0.172. The van der Waals surface area contributed by atoms with Crippen LogP contribution in [0.15, 0.2) is 194 Å². The topological polar surface area (TPSA) is 25.8 Å². The monoisotopic (exact) mass is 708 g/mol. The highest BCUT2D eigenvalue weighted by Gasteiger charge is 2.35. The zero-order chi connectivity index (χ0) is 41.9. The molecule has 8 aromatic carbocycles. The number of benzene rings is 8. The van der Waals surface area contributed by atoms with Gasteiger partial charge in [-0.15, -0.1) is 0 Å². The lowest BCUT2D eigenvalue weighted by molar-refractivity contribution is 0.660. The van der Waals surface area contributed by atoms with E-state index in [1.807, 2.05) is 97.1 Å². The van der Waals surface area contributed by atoms with Crippen LogP contribution in [0.3, 0.4) is 0 Å². The van der Waals surface area contributed by atoms with Gasteiger partial charge >= 0.3 is 0 Å². The Morgan fingerprint density at radius 2 is 0.836 bits per heavy atom. The molecule has 0 unspecified atom stereocenters. The summed E-state index contributed by atoms with van der Waals surface area (Å²) in [5.41, 5.74) is 10.3. The molecule has 0 saturated carbocycles. The third-order valence-electron chi connectivity index (χ3n) is 10.8. The Balaban J connectivity index is 1.04. The minimum absolute atomic E-state index is 0.310. The lowest BCUT2D eigenvalue weighted by Crippen LogP contribution is -2.14. The van der Waals surface area contributed by atoms with Crippen molar-refractivity contribution in [3.05, 3.63) is 205 Å². The van der Waals surface area contributed by atoms with Crippen molar-refractivity contribution in [1.82, 2.24) is 9.97 Å². The molecule has 10 rings (SSSR count). The van der Waals surface area contributed by atoms with Crippen LogP contribution in [0.1, 0.15) is 33.1 Å². The fraction of sp³-hybridized carbons (Fsp3) is 0.0566. The van der Waals surface area contributed by atoms with Crippen molar-refractivity contribution in [1.29, 1.82) is 0 Å². The minimum Gasteiger partial charge on any atom is -0.228 e. The molecular weight excluding hydrogens is 665 g/mol. The summed E-state index contributed by atoms with van der Waals surface area (Å²) >= 11 is 0. The Morgan fingerprint density at radius 1 is 0.345 bits per heavy atom. The number of hydrogen-bond acceptors (Lipinski definition) is 2. The maximum Gasteiger partial charge on any atom is 0.160 e. The molecule has 1 aliphatic rings. The summed E-state index contributed by atoms with van der Waals surface area (Å²) in [6, 6.07) is 64.3. The molecule has 55 heavy (non-hydrogen) atoms. The van der Waals surface area contributed by atoms with Crippen LogP contribution in [0.4, 0.5) is 0 Å². The van der Waals surface area contributed by atoms with Crippen LogP contribution in [-0.4, -0.2) is 9.97 Å². The molecule has 0 aliphatic heterocycles. The minimum atomic E-state index is -2.82. The Labute approximate surface area is 330 Å². The third kappa shape index (κ3) is 5.75. The zero-order valence-electron chi connectivity index (χ0n) is 35.9. The molecular formula is C53H38N2. The first-order chi connectivity index (χ1) is 29.5. The van der Waals surface area contributed by atoms with Gasteiger partial charge in [-0.05, 0) is 78.5 Å². The van der Waals surface area contributed by atoms with Gasteiger partial charge in [-0.2, -0.15) is 0 Å². The molecule has 1 aliphatic carbocycles. The zero-order valence-corrected chi connectivity index (χ0v) is 29.9. The van der Waals surface area contributed by atoms with Gasteiger partial charge in [0.15, 0.2) is 5.82 Å². The van der Waals surface area contributed by atoms with Crippen molar-refractivity contribution in [3.63, 3.8) is 0 Å². The number of hydrogen-bond donors (Lipinski definition) is 0. The third-order valence-corrected chi connectivity index (χ3v) is 10.8. The molecule has 2 heteroatoms. The van der Waals surface area contributed by atoms with Crippen LogP contribution in [-0.2, 0) is 5.41 Å². The molecule has 0 bridgehead atoms. The molecule has 0 atom stereocenters. The van der Waals surface area contributed by atoms with Gasteiger partial charge in [0.05, 0.1) is 11.4 Å². The summed E-state index contributed by atoms with van der Waals surface area (Å²) < 4.78 is 51.8. The van der Waals surface area contributed by atoms with E-state index in [-0.39, 0.29) is 0 Å². The predicted octanol–water partition coefficient (Wildman–Crippen LogP) is 13.9. The average Bonchev–Trinajstić information content (AvgIpc) is 3.61. The number of aromatic nitrogens is 2. The Hall–Kier alpha value is -6.90. The summed E-state index contributed by atoms with van der Waals surface area (Å²) in [4.78, 5) is 10.2. The summed E-state index contributed by atoms with van der Waals surface area (Å²) in [7, 11) is 0. The van der Waals surface area contributed by atoms with E-state index in [1.54, 1.807) is 18.2 Å². The number of fused-ring (bicyclic) bond motifs is 4. The summed E-state index contributed by atoms with van der Waals surface area (Å²) in [5.74, 6) is 0.648. The molecule has 260 valence electrons. The van der Waals surface area contributed by atoms with E-state index < -0.39 is 19.1 Å². The number of rotatable bonds is 6. The molecule has 0 radical (unpaired) electrons. The van der Waals surface area contributed by atoms with Gasteiger partial charge in [-0.25, -0.2) is 9.97 Å². The van der Waals surface area contributed by atoms with Crippen LogP contribution in [0.5, 0.6) is 0 Å². The smallest absolute Gasteiger partial charge is 0.160 e. The van der Waals surface area contributed by atoms with E-state index in [1.165, 1.54) is 0 Å². The van der Waals surface area contributed by atoms with Crippen LogP contribution < -0.4 is 0 Å². The summed E-state index contributed by atoms with van der Waals surface area (Å²) in [6.07, 6.45) is 0. The first-order valence-corrected chi connectivity index (χ1v) is 18.5. The highest BCUT2D eigenvalue weighted by Crippen LogP contribution is 2.49. The van der Waals surface area contributed by atoms with Crippen molar-refractivity contribution < 1.29 is 8.22 Å². The first kappa shape index (κ1) is 26.8. The normalized spacial score (nSPS) is 14.8. The van der Waals surface area contributed by atoms with Crippen molar-refractivity contribution in [2.24, 2.45) is 0 Å². The molecule has 0 fully saturated rings. The van der Waals surface area contributed by atoms with Gasteiger partial charge in [0.25, 0.3) is 0 Å². The van der Waals surface area contributed by atoms with E-state index in [0.29, 0.717) is 28.1 Å². The maximum absolute atomic E-state index is 8.63. The first-order valence-electron chi connectivity index (χ1n) is 21.5.